The first-order valence-electron chi connectivity index (χ1n) is 5.25. The summed E-state index contributed by atoms with van der Waals surface area (Å²) in [4.78, 5) is 11.2. The third-order valence-electron chi connectivity index (χ3n) is 1.86. The van der Waals surface area contributed by atoms with Gasteiger partial charge in [-0.05, 0) is 20.8 Å². The van der Waals surface area contributed by atoms with Crippen molar-refractivity contribution in [3.8, 4) is 0 Å². The van der Waals surface area contributed by atoms with E-state index in [1.807, 2.05) is 20.8 Å². The quantitative estimate of drug-likeness (QED) is 0.672. The molecule has 1 heterocycles. The fourth-order valence-corrected chi connectivity index (χ4v) is 1.11. The minimum atomic E-state index is -0.431. The second kappa shape index (κ2) is 5.32. The predicted octanol–water partition coefficient (Wildman–Crippen LogP) is 0.500. The fourth-order valence-electron chi connectivity index (χ4n) is 1.11. The number of ether oxygens (including phenoxy) is 2. The lowest BCUT2D eigenvalue weighted by Gasteiger charge is -2.27. The average Bonchev–Trinajstić information content (AvgIpc) is 1.96. The molecule has 0 aromatic carbocycles. The summed E-state index contributed by atoms with van der Waals surface area (Å²) in [6.45, 7) is 8.39. The highest BCUT2D eigenvalue weighted by Gasteiger charge is 2.17. The van der Waals surface area contributed by atoms with Gasteiger partial charge in [-0.25, -0.2) is 4.79 Å². The van der Waals surface area contributed by atoms with E-state index in [0.717, 1.165) is 19.8 Å². The summed E-state index contributed by atoms with van der Waals surface area (Å²) in [5.41, 5.74) is -0.431. The maximum atomic E-state index is 11.2. The van der Waals surface area contributed by atoms with Crippen molar-refractivity contribution in [3.05, 3.63) is 0 Å². The van der Waals surface area contributed by atoms with E-state index in [2.05, 4.69) is 10.6 Å². The molecule has 0 atom stereocenters. The summed E-state index contributed by atoms with van der Waals surface area (Å²) in [6, 6.07) is 0.449. The molecule has 1 aliphatic heterocycles. The van der Waals surface area contributed by atoms with Gasteiger partial charge in [0.25, 0.3) is 0 Å². The Morgan fingerprint density at radius 2 is 2.07 bits per heavy atom. The maximum absolute atomic E-state index is 11.2. The third kappa shape index (κ3) is 5.59. The number of carbonyl (C=O) groups excluding carboxylic acids is 1. The largest absolute Gasteiger partial charge is 0.444 e. The van der Waals surface area contributed by atoms with Gasteiger partial charge in [0.15, 0.2) is 0 Å². The molecular formula is C10H20N2O3. The summed E-state index contributed by atoms with van der Waals surface area (Å²) in [7, 11) is 0. The Labute approximate surface area is 90.5 Å². The van der Waals surface area contributed by atoms with Crippen molar-refractivity contribution >= 4 is 6.09 Å². The number of nitrogens with one attached hydrogen (secondary N) is 2. The van der Waals surface area contributed by atoms with Crippen LogP contribution in [0, 0.1) is 0 Å². The van der Waals surface area contributed by atoms with Crippen LogP contribution in [0.2, 0.25) is 0 Å². The lowest BCUT2D eigenvalue weighted by molar-refractivity contribution is -0.00478. The minimum Gasteiger partial charge on any atom is -0.444 e. The molecule has 0 radical (unpaired) electrons. The highest BCUT2D eigenvalue weighted by Crippen LogP contribution is 2.06. The molecule has 88 valence electrons. The molecule has 1 saturated heterocycles. The van der Waals surface area contributed by atoms with E-state index in [4.69, 9.17) is 9.47 Å². The molecule has 1 rings (SSSR count). The monoisotopic (exact) mass is 216 g/mol. The van der Waals surface area contributed by atoms with E-state index in [9.17, 15) is 4.79 Å². The van der Waals surface area contributed by atoms with Gasteiger partial charge >= 0.3 is 6.09 Å². The SMILES string of the molecule is CC(C)(C)OC(=O)NCCNC1COC1. The molecule has 2 N–H and O–H groups in total. The van der Waals surface area contributed by atoms with E-state index in [-0.39, 0.29) is 6.09 Å². The normalized spacial score (nSPS) is 17.0. The molecule has 0 saturated carbocycles. The van der Waals surface area contributed by atoms with Crippen molar-refractivity contribution < 1.29 is 14.3 Å². The van der Waals surface area contributed by atoms with Crippen molar-refractivity contribution in [1.29, 1.82) is 0 Å². The Morgan fingerprint density at radius 3 is 2.53 bits per heavy atom. The maximum Gasteiger partial charge on any atom is 0.407 e. The summed E-state index contributed by atoms with van der Waals surface area (Å²) < 4.78 is 10.1. The molecule has 5 nitrogen and oxygen atoms in total. The van der Waals surface area contributed by atoms with E-state index in [0.29, 0.717) is 12.6 Å². The molecule has 0 aromatic heterocycles. The first-order chi connectivity index (χ1) is 6.97. The summed E-state index contributed by atoms with van der Waals surface area (Å²) in [5, 5.41) is 5.92. The molecule has 5 heteroatoms. The van der Waals surface area contributed by atoms with Crippen LogP contribution < -0.4 is 10.6 Å². The van der Waals surface area contributed by atoms with Gasteiger partial charge < -0.3 is 20.1 Å². The lowest BCUT2D eigenvalue weighted by atomic mass is 10.2. The Morgan fingerprint density at radius 1 is 1.40 bits per heavy atom. The Kier molecular flexibility index (Phi) is 4.35. The second-order valence-corrected chi connectivity index (χ2v) is 4.62. The zero-order valence-corrected chi connectivity index (χ0v) is 9.63. The summed E-state index contributed by atoms with van der Waals surface area (Å²) in [5.74, 6) is 0. The molecule has 0 bridgehead atoms. The van der Waals surface area contributed by atoms with Crippen LogP contribution in [0.4, 0.5) is 4.79 Å². The van der Waals surface area contributed by atoms with Crippen LogP contribution in [0.3, 0.4) is 0 Å². The number of hydrogen-bond donors (Lipinski definition) is 2. The van der Waals surface area contributed by atoms with E-state index in [1.165, 1.54) is 0 Å². The Balaban J connectivity index is 1.96. The third-order valence-corrected chi connectivity index (χ3v) is 1.86. The van der Waals surface area contributed by atoms with Crippen molar-refractivity contribution in [2.24, 2.45) is 0 Å². The predicted molar refractivity (Wildman–Crippen MR) is 56.8 cm³/mol. The number of amides is 1. The van der Waals surface area contributed by atoms with E-state index in [1.54, 1.807) is 0 Å². The van der Waals surface area contributed by atoms with Gasteiger partial charge in [0.05, 0.1) is 19.3 Å². The van der Waals surface area contributed by atoms with Crippen LogP contribution in [0.5, 0.6) is 0 Å². The Bertz CT molecular complexity index is 209. The van der Waals surface area contributed by atoms with Gasteiger partial charge in [-0.3, -0.25) is 0 Å². The van der Waals surface area contributed by atoms with Crippen molar-refractivity contribution in [2.75, 3.05) is 26.3 Å². The number of hydrogen-bond acceptors (Lipinski definition) is 4. The molecule has 1 aliphatic rings. The van der Waals surface area contributed by atoms with Gasteiger partial charge in [-0.15, -0.1) is 0 Å². The summed E-state index contributed by atoms with van der Waals surface area (Å²) >= 11 is 0. The standard InChI is InChI=1S/C10H20N2O3/c1-10(2,3)15-9(13)12-5-4-11-8-6-14-7-8/h8,11H,4-7H2,1-3H3,(H,12,13). The van der Waals surface area contributed by atoms with Crippen LogP contribution >= 0.6 is 0 Å². The minimum absolute atomic E-state index is 0.367. The number of carbonyl (C=O) groups is 1. The van der Waals surface area contributed by atoms with E-state index >= 15 is 0 Å². The van der Waals surface area contributed by atoms with Gasteiger partial charge in [0, 0.05) is 13.1 Å². The van der Waals surface area contributed by atoms with Crippen LogP contribution in [0.15, 0.2) is 0 Å². The molecule has 0 aliphatic carbocycles. The highest BCUT2D eigenvalue weighted by molar-refractivity contribution is 5.67. The smallest absolute Gasteiger partial charge is 0.407 e. The highest BCUT2D eigenvalue weighted by atomic mass is 16.6. The zero-order valence-electron chi connectivity index (χ0n) is 9.63. The van der Waals surface area contributed by atoms with Crippen LogP contribution in [0.1, 0.15) is 20.8 Å². The van der Waals surface area contributed by atoms with Crippen LogP contribution in [0.25, 0.3) is 0 Å². The first kappa shape index (κ1) is 12.3. The topological polar surface area (TPSA) is 59.6 Å². The van der Waals surface area contributed by atoms with Gasteiger partial charge in [0.2, 0.25) is 0 Å². The molecule has 1 fully saturated rings. The van der Waals surface area contributed by atoms with Crippen molar-refractivity contribution in [3.63, 3.8) is 0 Å². The lowest BCUT2D eigenvalue weighted by Crippen LogP contribution is -2.48. The molecule has 15 heavy (non-hydrogen) atoms. The molecular weight excluding hydrogens is 196 g/mol. The molecule has 1 amide bonds. The molecule has 0 aromatic rings. The number of alkyl carbamates (subject to hydrolysis) is 1. The van der Waals surface area contributed by atoms with Gasteiger partial charge in [-0.1, -0.05) is 0 Å². The summed E-state index contributed by atoms with van der Waals surface area (Å²) in [6.07, 6.45) is -0.367. The first-order valence-corrected chi connectivity index (χ1v) is 5.25. The second-order valence-electron chi connectivity index (χ2n) is 4.62. The van der Waals surface area contributed by atoms with Gasteiger partial charge in [0.1, 0.15) is 5.60 Å². The van der Waals surface area contributed by atoms with Crippen LogP contribution in [-0.4, -0.2) is 44.0 Å². The van der Waals surface area contributed by atoms with Crippen molar-refractivity contribution in [1.82, 2.24) is 10.6 Å². The molecule has 0 unspecified atom stereocenters. The van der Waals surface area contributed by atoms with Crippen molar-refractivity contribution in [2.45, 2.75) is 32.4 Å². The molecule has 0 spiro atoms. The van der Waals surface area contributed by atoms with Crippen LogP contribution in [-0.2, 0) is 9.47 Å². The average molecular weight is 216 g/mol. The zero-order chi connectivity index (χ0) is 11.3. The Hall–Kier alpha value is -0.810. The fraction of sp³-hybridized carbons (Fsp3) is 0.900. The van der Waals surface area contributed by atoms with E-state index < -0.39 is 5.60 Å². The van der Waals surface area contributed by atoms with Gasteiger partial charge in [-0.2, -0.15) is 0 Å². The number of rotatable bonds is 4.